The first-order valence-corrected chi connectivity index (χ1v) is 9.83. The molecular weight excluding hydrogens is 426 g/mol. The van der Waals surface area contributed by atoms with Crippen molar-refractivity contribution in [3.63, 3.8) is 0 Å². The number of hydrogen-bond donors (Lipinski definition) is 4. The highest BCUT2D eigenvalue weighted by atomic mass is 79.9. The molecule has 1 aromatic heterocycles. The Hall–Kier alpha value is -1.97. The highest BCUT2D eigenvalue weighted by Gasteiger charge is 2.53. The van der Waals surface area contributed by atoms with Crippen LogP contribution in [0.4, 0.5) is 5.95 Å². The second-order valence-electron chi connectivity index (χ2n) is 7.15. The Morgan fingerprint density at radius 2 is 1.93 bits per heavy atom. The lowest BCUT2D eigenvalue weighted by Crippen LogP contribution is -2.44. The van der Waals surface area contributed by atoms with Gasteiger partial charge in [0.05, 0.1) is 17.6 Å². The predicted molar refractivity (Wildman–Crippen MR) is 109 cm³/mol. The van der Waals surface area contributed by atoms with Crippen LogP contribution in [0.5, 0.6) is 0 Å². The molecule has 2 aromatic carbocycles. The van der Waals surface area contributed by atoms with Gasteiger partial charge in [-0.3, -0.25) is 4.57 Å². The molecule has 0 aliphatic carbocycles. The SMILES string of the molecule is CC1(O)C(O)C(CO)OC1n1c(NCc2ccc(Br)cc2)nc2ccccc21. The molecule has 4 atom stereocenters. The zero-order valence-corrected chi connectivity index (χ0v) is 16.9. The highest BCUT2D eigenvalue weighted by Crippen LogP contribution is 2.41. The van der Waals surface area contributed by atoms with Gasteiger partial charge in [-0.05, 0) is 36.8 Å². The van der Waals surface area contributed by atoms with E-state index in [1.165, 1.54) is 6.92 Å². The minimum absolute atomic E-state index is 0.387. The van der Waals surface area contributed by atoms with Crippen molar-refractivity contribution in [3.8, 4) is 0 Å². The van der Waals surface area contributed by atoms with Crippen molar-refractivity contribution in [2.45, 2.75) is 37.5 Å². The monoisotopic (exact) mass is 447 g/mol. The van der Waals surface area contributed by atoms with Crippen molar-refractivity contribution in [2.24, 2.45) is 0 Å². The average molecular weight is 448 g/mol. The molecule has 1 saturated heterocycles. The summed E-state index contributed by atoms with van der Waals surface area (Å²) in [4.78, 5) is 4.64. The first kappa shape index (κ1) is 19.4. The van der Waals surface area contributed by atoms with Crippen LogP contribution in [0.25, 0.3) is 11.0 Å². The smallest absolute Gasteiger partial charge is 0.206 e. The largest absolute Gasteiger partial charge is 0.394 e. The summed E-state index contributed by atoms with van der Waals surface area (Å²) in [5, 5.41) is 34.1. The summed E-state index contributed by atoms with van der Waals surface area (Å²) < 4.78 is 8.57. The van der Waals surface area contributed by atoms with E-state index < -0.39 is 24.0 Å². The number of aromatic nitrogens is 2. The van der Waals surface area contributed by atoms with E-state index >= 15 is 0 Å². The average Bonchev–Trinajstić information content (AvgIpc) is 3.16. The number of aliphatic hydroxyl groups is 3. The first-order chi connectivity index (χ1) is 13.4. The maximum atomic E-state index is 10.9. The summed E-state index contributed by atoms with van der Waals surface area (Å²) in [6, 6.07) is 15.4. The molecule has 1 aliphatic heterocycles. The van der Waals surface area contributed by atoms with Crippen molar-refractivity contribution >= 4 is 32.9 Å². The second kappa shape index (κ2) is 7.46. The van der Waals surface area contributed by atoms with E-state index in [0.717, 1.165) is 21.1 Å². The molecule has 0 amide bonds. The van der Waals surface area contributed by atoms with Gasteiger partial charge in [-0.25, -0.2) is 4.98 Å². The summed E-state index contributed by atoms with van der Waals surface area (Å²) in [7, 11) is 0. The van der Waals surface area contributed by atoms with Crippen LogP contribution in [-0.4, -0.2) is 49.3 Å². The van der Waals surface area contributed by atoms with Gasteiger partial charge in [0.2, 0.25) is 5.95 Å². The Bertz CT molecular complexity index is 973. The predicted octanol–water partition coefficient (Wildman–Crippen LogP) is 2.41. The summed E-state index contributed by atoms with van der Waals surface area (Å²) in [5.74, 6) is 0.514. The van der Waals surface area contributed by atoms with Gasteiger partial charge >= 0.3 is 0 Å². The summed E-state index contributed by atoms with van der Waals surface area (Å²) in [6.45, 7) is 1.64. The van der Waals surface area contributed by atoms with E-state index in [1.54, 1.807) is 4.57 Å². The summed E-state index contributed by atoms with van der Waals surface area (Å²) in [6.07, 6.45) is -3.00. The number of fused-ring (bicyclic) bond motifs is 1. The van der Waals surface area contributed by atoms with E-state index in [9.17, 15) is 15.3 Å². The Morgan fingerprint density at radius 1 is 1.21 bits per heavy atom. The molecule has 4 rings (SSSR count). The van der Waals surface area contributed by atoms with Gasteiger partial charge in [-0.15, -0.1) is 0 Å². The van der Waals surface area contributed by atoms with Gasteiger partial charge in [-0.2, -0.15) is 0 Å². The first-order valence-electron chi connectivity index (χ1n) is 9.04. The van der Waals surface area contributed by atoms with E-state index in [4.69, 9.17) is 4.74 Å². The van der Waals surface area contributed by atoms with Gasteiger partial charge in [-0.1, -0.05) is 40.2 Å². The maximum Gasteiger partial charge on any atom is 0.206 e. The van der Waals surface area contributed by atoms with Gasteiger partial charge in [0.25, 0.3) is 0 Å². The van der Waals surface area contributed by atoms with Crippen LogP contribution in [0.1, 0.15) is 18.7 Å². The number of halogens is 1. The third-order valence-corrected chi connectivity index (χ3v) is 5.66. The summed E-state index contributed by atoms with van der Waals surface area (Å²) >= 11 is 3.43. The van der Waals surface area contributed by atoms with Gasteiger partial charge in [0.15, 0.2) is 6.23 Å². The molecule has 4 N–H and O–H groups in total. The molecule has 0 spiro atoms. The van der Waals surface area contributed by atoms with Crippen molar-refractivity contribution in [3.05, 3.63) is 58.6 Å². The summed E-state index contributed by atoms with van der Waals surface area (Å²) in [5.41, 5.74) is 0.971. The van der Waals surface area contributed by atoms with Crippen molar-refractivity contribution in [2.75, 3.05) is 11.9 Å². The van der Waals surface area contributed by atoms with E-state index in [2.05, 4.69) is 26.2 Å². The molecule has 0 bridgehead atoms. The minimum atomic E-state index is -1.59. The number of para-hydroxylation sites is 2. The molecule has 28 heavy (non-hydrogen) atoms. The molecule has 0 saturated carbocycles. The number of ether oxygens (including phenoxy) is 1. The van der Waals surface area contributed by atoms with Crippen LogP contribution in [-0.2, 0) is 11.3 Å². The van der Waals surface area contributed by atoms with Crippen LogP contribution < -0.4 is 5.32 Å². The third kappa shape index (κ3) is 3.31. The van der Waals surface area contributed by atoms with Crippen molar-refractivity contribution < 1.29 is 20.1 Å². The lowest BCUT2D eigenvalue weighted by Gasteiger charge is -2.28. The molecule has 148 valence electrons. The lowest BCUT2D eigenvalue weighted by atomic mass is 9.96. The molecule has 1 fully saturated rings. The fraction of sp³-hybridized carbons (Fsp3) is 0.350. The Morgan fingerprint density at radius 3 is 2.61 bits per heavy atom. The number of hydrogen-bond acceptors (Lipinski definition) is 6. The Kier molecular flexibility index (Phi) is 5.15. The minimum Gasteiger partial charge on any atom is -0.394 e. The number of anilines is 1. The van der Waals surface area contributed by atoms with Gasteiger partial charge < -0.3 is 25.4 Å². The Labute approximate surface area is 170 Å². The number of imidazole rings is 1. The van der Waals surface area contributed by atoms with Crippen molar-refractivity contribution in [1.29, 1.82) is 0 Å². The number of nitrogens with zero attached hydrogens (tertiary/aromatic N) is 2. The molecule has 3 aromatic rings. The quantitative estimate of drug-likeness (QED) is 0.479. The number of rotatable bonds is 5. The Balaban J connectivity index is 1.72. The fourth-order valence-corrected chi connectivity index (χ4v) is 3.82. The van der Waals surface area contributed by atoms with E-state index in [1.807, 2.05) is 48.5 Å². The van der Waals surface area contributed by atoms with E-state index in [0.29, 0.717) is 12.5 Å². The van der Waals surface area contributed by atoms with Crippen LogP contribution in [0.2, 0.25) is 0 Å². The number of benzene rings is 2. The molecular formula is C20H22BrN3O4. The fourth-order valence-electron chi connectivity index (χ4n) is 3.56. The normalized spacial score (nSPS) is 27.4. The lowest BCUT2D eigenvalue weighted by molar-refractivity contribution is -0.0939. The van der Waals surface area contributed by atoms with Gasteiger partial charge in [0, 0.05) is 11.0 Å². The molecule has 2 heterocycles. The zero-order valence-electron chi connectivity index (χ0n) is 15.3. The topological polar surface area (TPSA) is 99.8 Å². The molecule has 8 heteroatoms. The maximum absolute atomic E-state index is 10.9. The molecule has 1 aliphatic rings. The van der Waals surface area contributed by atoms with Crippen LogP contribution in [0.3, 0.4) is 0 Å². The standard InChI is InChI=1S/C20H22BrN3O4/c1-20(27)17(26)16(11-25)28-18(20)24-15-5-3-2-4-14(15)23-19(24)22-10-12-6-8-13(21)9-7-12/h2-9,16-18,25-27H,10-11H2,1H3,(H,22,23). The zero-order chi connectivity index (χ0) is 19.9. The third-order valence-electron chi connectivity index (χ3n) is 5.13. The van der Waals surface area contributed by atoms with Crippen molar-refractivity contribution in [1.82, 2.24) is 9.55 Å². The van der Waals surface area contributed by atoms with Crippen LogP contribution in [0, 0.1) is 0 Å². The van der Waals surface area contributed by atoms with Crippen LogP contribution in [0.15, 0.2) is 53.0 Å². The van der Waals surface area contributed by atoms with Crippen LogP contribution >= 0.6 is 15.9 Å². The van der Waals surface area contributed by atoms with Gasteiger partial charge in [0.1, 0.15) is 17.8 Å². The van der Waals surface area contributed by atoms with E-state index in [-0.39, 0.29) is 6.61 Å². The number of aliphatic hydroxyl groups excluding tert-OH is 2. The molecule has 7 nitrogen and oxygen atoms in total. The molecule has 4 unspecified atom stereocenters. The highest BCUT2D eigenvalue weighted by molar-refractivity contribution is 9.10. The molecule has 0 radical (unpaired) electrons. The second-order valence-corrected chi connectivity index (χ2v) is 8.07. The number of nitrogens with one attached hydrogen (secondary N) is 1.